The first-order chi connectivity index (χ1) is 4.34. The quantitative estimate of drug-likeness (QED) is 0.510. The summed E-state index contributed by atoms with van der Waals surface area (Å²) in [5.41, 5.74) is 0.692. The van der Waals surface area contributed by atoms with Crippen molar-refractivity contribution in [1.29, 1.82) is 0 Å². The highest BCUT2D eigenvalue weighted by atomic mass is 16.3. The molecule has 0 aromatic heterocycles. The molecule has 9 heavy (non-hydrogen) atoms. The lowest BCUT2D eigenvalue weighted by Crippen LogP contribution is -1.90. The third-order valence-electron chi connectivity index (χ3n) is 1.15. The molecule has 1 aliphatic carbocycles. The first kappa shape index (κ1) is 6.11. The van der Waals surface area contributed by atoms with Crippen LogP contribution in [-0.2, 0) is 0 Å². The standard InChI is InChI=1S/C7H8O2/c8-5-7(9)6-3-1-2-4-6/h1-4,8-9H,5H2. The number of allylic oxidation sites excluding steroid dienone is 5. The van der Waals surface area contributed by atoms with Gasteiger partial charge in [-0.2, -0.15) is 0 Å². The van der Waals surface area contributed by atoms with Gasteiger partial charge in [0, 0.05) is 5.57 Å². The van der Waals surface area contributed by atoms with Gasteiger partial charge in [0.1, 0.15) is 12.4 Å². The molecular formula is C7H8O2. The van der Waals surface area contributed by atoms with Crippen molar-refractivity contribution >= 4 is 0 Å². The van der Waals surface area contributed by atoms with Crippen molar-refractivity contribution in [1.82, 2.24) is 0 Å². The zero-order valence-corrected chi connectivity index (χ0v) is 4.91. The van der Waals surface area contributed by atoms with Crippen LogP contribution in [-0.4, -0.2) is 16.8 Å². The second kappa shape index (κ2) is 2.51. The average molecular weight is 124 g/mol. The minimum atomic E-state index is -0.288. The minimum absolute atomic E-state index is 0.0278. The van der Waals surface area contributed by atoms with E-state index in [4.69, 9.17) is 10.2 Å². The summed E-state index contributed by atoms with van der Waals surface area (Å²) in [6.45, 7) is -0.288. The van der Waals surface area contributed by atoms with Crippen LogP contribution in [0.3, 0.4) is 0 Å². The summed E-state index contributed by atoms with van der Waals surface area (Å²) in [5.74, 6) is 0.0278. The monoisotopic (exact) mass is 124 g/mol. The van der Waals surface area contributed by atoms with Crippen LogP contribution in [0.2, 0.25) is 0 Å². The SMILES string of the molecule is OCC(O)=C1C=CC=C1. The number of hydrogen-bond donors (Lipinski definition) is 2. The number of rotatable bonds is 1. The van der Waals surface area contributed by atoms with Crippen LogP contribution in [0, 0.1) is 0 Å². The van der Waals surface area contributed by atoms with E-state index in [1.807, 2.05) is 0 Å². The molecule has 0 amide bonds. The lowest BCUT2D eigenvalue weighted by atomic mass is 10.2. The van der Waals surface area contributed by atoms with Gasteiger partial charge in [0.05, 0.1) is 0 Å². The zero-order valence-electron chi connectivity index (χ0n) is 4.91. The number of hydrogen-bond acceptors (Lipinski definition) is 2. The molecule has 0 radical (unpaired) electrons. The molecule has 2 nitrogen and oxygen atoms in total. The Kier molecular flexibility index (Phi) is 1.70. The van der Waals surface area contributed by atoms with Gasteiger partial charge in [0.15, 0.2) is 0 Å². The average Bonchev–Trinajstić information content (AvgIpc) is 2.37. The fourth-order valence-electron chi connectivity index (χ4n) is 0.658. The predicted molar refractivity (Wildman–Crippen MR) is 35.0 cm³/mol. The van der Waals surface area contributed by atoms with E-state index in [0.717, 1.165) is 0 Å². The maximum atomic E-state index is 8.88. The molecule has 2 heteroatoms. The Morgan fingerprint density at radius 2 is 1.89 bits per heavy atom. The fraction of sp³-hybridized carbons (Fsp3) is 0.143. The van der Waals surface area contributed by atoms with Gasteiger partial charge in [-0.15, -0.1) is 0 Å². The summed E-state index contributed by atoms with van der Waals surface area (Å²) in [5, 5.41) is 17.3. The normalized spacial score (nSPS) is 15.0. The van der Waals surface area contributed by atoms with E-state index in [1.54, 1.807) is 24.3 Å². The van der Waals surface area contributed by atoms with Gasteiger partial charge < -0.3 is 10.2 Å². The van der Waals surface area contributed by atoms with Gasteiger partial charge in [-0.1, -0.05) is 24.3 Å². The summed E-state index contributed by atoms with van der Waals surface area (Å²) >= 11 is 0. The van der Waals surface area contributed by atoms with Crippen molar-refractivity contribution in [3.8, 4) is 0 Å². The molecule has 0 heterocycles. The van der Waals surface area contributed by atoms with Gasteiger partial charge in [-0.05, 0) is 0 Å². The Balaban J connectivity index is 2.81. The van der Waals surface area contributed by atoms with Gasteiger partial charge in [0.2, 0.25) is 0 Å². The number of aliphatic hydroxyl groups is 2. The summed E-state index contributed by atoms with van der Waals surface area (Å²) in [6.07, 6.45) is 7.10. The second-order valence-corrected chi connectivity index (χ2v) is 1.78. The van der Waals surface area contributed by atoms with Gasteiger partial charge in [-0.25, -0.2) is 0 Å². The predicted octanol–water partition coefficient (Wildman–Crippen LogP) is 0.917. The highest BCUT2D eigenvalue weighted by molar-refractivity contribution is 5.41. The Morgan fingerprint density at radius 1 is 1.33 bits per heavy atom. The second-order valence-electron chi connectivity index (χ2n) is 1.78. The number of aliphatic hydroxyl groups excluding tert-OH is 2. The maximum absolute atomic E-state index is 8.88. The molecule has 1 rings (SSSR count). The lowest BCUT2D eigenvalue weighted by Gasteiger charge is -1.93. The van der Waals surface area contributed by atoms with Crippen LogP contribution in [0.15, 0.2) is 35.6 Å². The van der Waals surface area contributed by atoms with Crippen LogP contribution in [0.5, 0.6) is 0 Å². The largest absolute Gasteiger partial charge is 0.509 e. The molecule has 0 bridgehead atoms. The third-order valence-corrected chi connectivity index (χ3v) is 1.15. The Morgan fingerprint density at radius 3 is 2.33 bits per heavy atom. The van der Waals surface area contributed by atoms with Crippen molar-refractivity contribution in [2.24, 2.45) is 0 Å². The lowest BCUT2D eigenvalue weighted by molar-refractivity contribution is 0.251. The van der Waals surface area contributed by atoms with Gasteiger partial charge in [-0.3, -0.25) is 0 Å². The van der Waals surface area contributed by atoms with Crippen molar-refractivity contribution in [2.45, 2.75) is 0 Å². The first-order valence-corrected chi connectivity index (χ1v) is 2.72. The van der Waals surface area contributed by atoms with E-state index < -0.39 is 0 Å². The van der Waals surface area contributed by atoms with E-state index in [2.05, 4.69) is 0 Å². The van der Waals surface area contributed by atoms with Crippen molar-refractivity contribution in [2.75, 3.05) is 6.61 Å². The van der Waals surface area contributed by atoms with Crippen LogP contribution in [0.4, 0.5) is 0 Å². The summed E-state index contributed by atoms with van der Waals surface area (Å²) in [7, 11) is 0. The minimum Gasteiger partial charge on any atom is -0.509 e. The van der Waals surface area contributed by atoms with Crippen molar-refractivity contribution in [3.63, 3.8) is 0 Å². The third kappa shape index (κ3) is 1.21. The molecule has 48 valence electrons. The van der Waals surface area contributed by atoms with Gasteiger partial charge in [0.25, 0.3) is 0 Å². The van der Waals surface area contributed by atoms with Crippen molar-refractivity contribution < 1.29 is 10.2 Å². The summed E-state index contributed by atoms with van der Waals surface area (Å²) in [4.78, 5) is 0. The van der Waals surface area contributed by atoms with E-state index in [1.165, 1.54) is 0 Å². The van der Waals surface area contributed by atoms with Crippen molar-refractivity contribution in [3.05, 3.63) is 35.6 Å². The van der Waals surface area contributed by atoms with Crippen LogP contribution in [0.1, 0.15) is 0 Å². The molecule has 2 N–H and O–H groups in total. The van der Waals surface area contributed by atoms with Crippen LogP contribution in [0.25, 0.3) is 0 Å². The van der Waals surface area contributed by atoms with E-state index in [0.29, 0.717) is 5.57 Å². The zero-order chi connectivity index (χ0) is 6.69. The smallest absolute Gasteiger partial charge is 0.125 e. The molecule has 0 saturated carbocycles. The van der Waals surface area contributed by atoms with Crippen LogP contribution >= 0.6 is 0 Å². The molecular weight excluding hydrogens is 116 g/mol. The molecule has 0 fully saturated rings. The fourth-order valence-corrected chi connectivity index (χ4v) is 0.658. The molecule has 0 aliphatic heterocycles. The molecule has 1 aliphatic rings. The van der Waals surface area contributed by atoms with E-state index in [-0.39, 0.29) is 12.4 Å². The Bertz CT molecular complexity index is 173. The molecule has 0 atom stereocenters. The first-order valence-electron chi connectivity index (χ1n) is 2.72. The molecule has 0 aromatic carbocycles. The van der Waals surface area contributed by atoms with Crippen LogP contribution < -0.4 is 0 Å². The molecule has 0 aromatic rings. The van der Waals surface area contributed by atoms with E-state index >= 15 is 0 Å². The summed E-state index contributed by atoms with van der Waals surface area (Å²) in [6, 6.07) is 0. The van der Waals surface area contributed by atoms with Gasteiger partial charge >= 0.3 is 0 Å². The highest BCUT2D eigenvalue weighted by Gasteiger charge is 1.98. The summed E-state index contributed by atoms with van der Waals surface area (Å²) < 4.78 is 0. The Labute approximate surface area is 53.4 Å². The Hall–Kier alpha value is -1.02. The van der Waals surface area contributed by atoms with E-state index in [9.17, 15) is 0 Å². The molecule has 0 unspecified atom stereocenters. The maximum Gasteiger partial charge on any atom is 0.125 e. The highest BCUT2D eigenvalue weighted by Crippen LogP contribution is 2.10. The molecule has 0 spiro atoms. The molecule has 0 saturated heterocycles. The topological polar surface area (TPSA) is 40.5 Å².